The largest absolute Gasteiger partial charge is 0.398 e. The first-order valence-corrected chi connectivity index (χ1v) is 4.02. The number of benzene rings is 1. The van der Waals surface area contributed by atoms with E-state index in [1.54, 1.807) is 36.5 Å². The van der Waals surface area contributed by atoms with E-state index >= 15 is 0 Å². The molecule has 1 amide bonds. The molecule has 0 bridgehead atoms. The van der Waals surface area contributed by atoms with Crippen LogP contribution >= 0.6 is 0 Å². The molecule has 13 heavy (non-hydrogen) atoms. The Balaban J connectivity index is 2.83. The van der Waals surface area contributed by atoms with Crippen molar-refractivity contribution in [3.8, 4) is 0 Å². The summed E-state index contributed by atoms with van der Waals surface area (Å²) in [5.74, 6) is -0.184. The van der Waals surface area contributed by atoms with Crippen LogP contribution in [-0.4, -0.2) is 5.91 Å². The number of anilines is 1. The van der Waals surface area contributed by atoms with Gasteiger partial charge in [0.25, 0.3) is 5.91 Å². The van der Waals surface area contributed by atoms with Crippen LogP contribution in [0.1, 0.15) is 17.3 Å². The molecule has 3 N–H and O–H groups in total. The van der Waals surface area contributed by atoms with Crippen LogP contribution in [-0.2, 0) is 0 Å². The maximum absolute atomic E-state index is 11.4. The number of nitrogens with two attached hydrogens (primary N) is 1. The van der Waals surface area contributed by atoms with Gasteiger partial charge in [0.05, 0.1) is 5.56 Å². The lowest BCUT2D eigenvalue weighted by Crippen LogP contribution is -2.18. The summed E-state index contributed by atoms with van der Waals surface area (Å²) in [5, 5.41) is 2.59. The number of hydrogen-bond donors (Lipinski definition) is 2. The molecule has 1 aromatic carbocycles. The number of carbonyl (C=O) groups excluding carboxylic acids is 1. The Labute approximate surface area is 77.3 Å². The molecule has 0 aromatic heterocycles. The lowest BCUT2D eigenvalue weighted by atomic mass is 10.2. The fourth-order valence-corrected chi connectivity index (χ4v) is 0.941. The van der Waals surface area contributed by atoms with Gasteiger partial charge in [-0.15, -0.1) is 0 Å². The third-order valence-corrected chi connectivity index (χ3v) is 1.59. The van der Waals surface area contributed by atoms with E-state index in [9.17, 15) is 4.79 Å². The predicted molar refractivity (Wildman–Crippen MR) is 53.1 cm³/mol. The fraction of sp³-hybridized carbons (Fsp3) is 0.100. The molecule has 0 saturated heterocycles. The average Bonchev–Trinajstić information content (AvgIpc) is 2.15. The molecule has 0 radical (unpaired) electrons. The molecule has 0 unspecified atom stereocenters. The van der Waals surface area contributed by atoms with Gasteiger partial charge in [-0.3, -0.25) is 4.79 Å². The molecule has 1 rings (SSSR count). The smallest absolute Gasteiger partial charge is 0.257 e. The molecular formula is C10H12N2O. The number of amides is 1. The average molecular weight is 176 g/mol. The highest BCUT2D eigenvalue weighted by Gasteiger charge is 2.05. The fourth-order valence-electron chi connectivity index (χ4n) is 0.941. The van der Waals surface area contributed by atoms with Crippen LogP contribution in [0.5, 0.6) is 0 Å². The second-order valence-corrected chi connectivity index (χ2v) is 2.56. The molecule has 1 aromatic rings. The molecule has 0 heterocycles. The van der Waals surface area contributed by atoms with Crippen molar-refractivity contribution in [1.82, 2.24) is 5.32 Å². The van der Waals surface area contributed by atoms with Gasteiger partial charge < -0.3 is 11.1 Å². The van der Waals surface area contributed by atoms with E-state index in [4.69, 9.17) is 5.73 Å². The highest BCUT2D eigenvalue weighted by molar-refractivity contribution is 5.99. The number of carbonyl (C=O) groups is 1. The lowest BCUT2D eigenvalue weighted by Gasteiger charge is -2.02. The van der Waals surface area contributed by atoms with Crippen molar-refractivity contribution < 1.29 is 4.79 Å². The Morgan fingerprint density at radius 1 is 1.46 bits per heavy atom. The number of para-hydroxylation sites is 1. The van der Waals surface area contributed by atoms with Gasteiger partial charge in [-0.05, 0) is 25.3 Å². The van der Waals surface area contributed by atoms with Crippen molar-refractivity contribution in [2.75, 3.05) is 5.73 Å². The van der Waals surface area contributed by atoms with E-state index in [0.29, 0.717) is 11.3 Å². The number of nitrogen functional groups attached to an aromatic ring is 1. The zero-order valence-corrected chi connectivity index (χ0v) is 7.45. The van der Waals surface area contributed by atoms with Crippen LogP contribution in [0.25, 0.3) is 0 Å². The van der Waals surface area contributed by atoms with Crippen LogP contribution in [0.3, 0.4) is 0 Å². The highest BCUT2D eigenvalue weighted by Crippen LogP contribution is 2.09. The first kappa shape index (κ1) is 9.32. The second-order valence-electron chi connectivity index (χ2n) is 2.56. The topological polar surface area (TPSA) is 55.1 Å². The summed E-state index contributed by atoms with van der Waals surface area (Å²) in [7, 11) is 0. The molecule has 0 aliphatic rings. The number of hydrogen-bond acceptors (Lipinski definition) is 2. The zero-order valence-electron chi connectivity index (χ0n) is 7.45. The Morgan fingerprint density at radius 3 is 2.77 bits per heavy atom. The summed E-state index contributed by atoms with van der Waals surface area (Å²) in [6.07, 6.45) is 3.33. The Morgan fingerprint density at radius 2 is 2.15 bits per heavy atom. The summed E-state index contributed by atoms with van der Waals surface area (Å²) in [4.78, 5) is 11.4. The van der Waals surface area contributed by atoms with Crippen molar-refractivity contribution in [2.24, 2.45) is 0 Å². The van der Waals surface area contributed by atoms with Crippen LogP contribution in [0.15, 0.2) is 36.5 Å². The minimum absolute atomic E-state index is 0.184. The van der Waals surface area contributed by atoms with Crippen LogP contribution in [0.4, 0.5) is 5.69 Å². The summed E-state index contributed by atoms with van der Waals surface area (Å²) in [6.45, 7) is 1.83. The predicted octanol–water partition coefficient (Wildman–Crippen LogP) is 1.53. The molecule has 0 aliphatic heterocycles. The Kier molecular flexibility index (Phi) is 3.09. The van der Waals surface area contributed by atoms with E-state index in [-0.39, 0.29) is 5.91 Å². The van der Waals surface area contributed by atoms with Gasteiger partial charge in [0, 0.05) is 5.69 Å². The van der Waals surface area contributed by atoms with Crippen LogP contribution in [0, 0.1) is 0 Å². The van der Waals surface area contributed by atoms with E-state index < -0.39 is 0 Å². The van der Waals surface area contributed by atoms with Gasteiger partial charge >= 0.3 is 0 Å². The van der Waals surface area contributed by atoms with Gasteiger partial charge in [-0.25, -0.2) is 0 Å². The SMILES string of the molecule is C/C=C/NC(=O)c1ccccc1N. The highest BCUT2D eigenvalue weighted by atomic mass is 16.1. The van der Waals surface area contributed by atoms with Gasteiger partial charge in [-0.1, -0.05) is 18.2 Å². The van der Waals surface area contributed by atoms with Crippen molar-refractivity contribution in [3.63, 3.8) is 0 Å². The van der Waals surface area contributed by atoms with Gasteiger partial charge in [0.2, 0.25) is 0 Å². The van der Waals surface area contributed by atoms with Crippen molar-refractivity contribution in [3.05, 3.63) is 42.1 Å². The Hall–Kier alpha value is -1.77. The molecular weight excluding hydrogens is 164 g/mol. The van der Waals surface area contributed by atoms with Crippen molar-refractivity contribution in [2.45, 2.75) is 6.92 Å². The second kappa shape index (κ2) is 4.30. The summed E-state index contributed by atoms with van der Waals surface area (Å²) in [6, 6.07) is 6.96. The summed E-state index contributed by atoms with van der Waals surface area (Å²) in [5.41, 5.74) is 6.60. The molecule has 0 spiro atoms. The third kappa shape index (κ3) is 2.33. The first-order chi connectivity index (χ1) is 6.25. The minimum atomic E-state index is -0.184. The maximum Gasteiger partial charge on any atom is 0.257 e. The van der Waals surface area contributed by atoms with E-state index in [1.807, 2.05) is 6.92 Å². The van der Waals surface area contributed by atoms with E-state index in [1.165, 1.54) is 0 Å². The molecule has 68 valence electrons. The maximum atomic E-state index is 11.4. The summed E-state index contributed by atoms with van der Waals surface area (Å²) >= 11 is 0. The van der Waals surface area contributed by atoms with Crippen LogP contribution in [0.2, 0.25) is 0 Å². The molecule has 0 atom stereocenters. The standard InChI is InChI=1S/C10H12N2O/c1-2-7-12-10(13)8-5-3-4-6-9(8)11/h2-7H,11H2,1H3,(H,12,13)/b7-2+. The molecule has 3 heteroatoms. The number of allylic oxidation sites excluding steroid dienone is 1. The lowest BCUT2D eigenvalue weighted by molar-refractivity contribution is 0.0971. The number of nitrogens with one attached hydrogen (secondary N) is 1. The number of rotatable bonds is 2. The third-order valence-electron chi connectivity index (χ3n) is 1.59. The molecule has 0 saturated carbocycles. The molecule has 0 aliphatic carbocycles. The molecule has 3 nitrogen and oxygen atoms in total. The van der Waals surface area contributed by atoms with E-state index in [0.717, 1.165) is 0 Å². The van der Waals surface area contributed by atoms with Gasteiger partial charge in [-0.2, -0.15) is 0 Å². The normalized spacial score (nSPS) is 10.2. The van der Waals surface area contributed by atoms with E-state index in [2.05, 4.69) is 5.32 Å². The van der Waals surface area contributed by atoms with Crippen molar-refractivity contribution in [1.29, 1.82) is 0 Å². The first-order valence-electron chi connectivity index (χ1n) is 4.02. The van der Waals surface area contributed by atoms with Crippen molar-refractivity contribution >= 4 is 11.6 Å². The zero-order chi connectivity index (χ0) is 9.68. The minimum Gasteiger partial charge on any atom is -0.398 e. The molecule has 0 fully saturated rings. The summed E-state index contributed by atoms with van der Waals surface area (Å²) < 4.78 is 0. The van der Waals surface area contributed by atoms with Gasteiger partial charge in [0.15, 0.2) is 0 Å². The quantitative estimate of drug-likeness (QED) is 0.671. The monoisotopic (exact) mass is 176 g/mol. The van der Waals surface area contributed by atoms with Crippen LogP contribution < -0.4 is 11.1 Å². The Bertz CT molecular complexity index is 331. The van der Waals surface area contributed by atoms with Gasteiger partial charge in [0.1, 0.15) is 0 Å².